The molecule has 0 saturated carbocycles. The predicted octanol–water partition coefficient (Wildman–Crippen LogP) is 3.51. The molecule has 3 N–H and O–H groups in total. The summed E-state index contributed by atoms with van der Waals surface area (Å²) in [5.41, 5.74) is 4.75. The van der Waals surface area contributed by atoms with Crippen molar-refractivity contribution in [2.45, 2.75) is 19.4 Å². The Labute approximate surface area is 120 Å². The third-order valence-corrected chi connectivity index (χ3v) is 3.83. The molecule has 6 heteroatoms. The second kappa shape index (κ2) is 5.99. The van der Waals surface area contributed by atoms with Crippen molar-refractivity contribution in [3.05, 3.63) is 49.9 Å². The molecular weight excluding hydrogens is 289 g/mol. The van der Waals surface area contributed by atoms with E-state index in [9.17, 15) is 0 Å². The second-order valence-corrected chi connectivity index (χ2v) is 5.92. The number of benzene rings is 1. The molecule has 0 saturated heterocycles. The van der Waals surface area contributed by atoms with E-state index in [4.69, 9.17) is 29.0 Å². The van der Waals surface area contributed by atoms with E-state index in [1.165, 1.54) is 0 Å². The van der Waals surface area contributed by atoms with E-state index in [0.29, 0.717) is 16.5 Å². The topological polar surface area (TPSA) is 50.9 Å². The first-order valence-electron chi connectivity index (χ1n) is 5.41. The molecule has 0 radical (unpaired) electrons. The summed E-state index contributed by atoms with van der Waals surface area (Å²) in [6, 6.07) is 5.37. The van der Waals surface area contributed by atoms with Gasteiger partial charge in [0.25, 0.3) is 0 Å². The molecule has 18 heavy (non-hydrogen) atoms. The fourth-order valence-electron chi connectivity index (χ4n) is 1.76. The third kappa shape index (κ3) is 3.43. The maximum Gasteiger partial charge on any atom is 0.0897 e. The van der Waals surface area contributed by atoms with E-state index >= 15 is 0 Å². The number of aromatic nitrogens is 1. The third-order valence-electron chi connectivity index (χ3n) is 2.57. The molecule has 0 aliphatic rings. The Kier molecular flexibility index (Phi) is 4.59. The van der Waals surface area contributed by atoms with E-state index in [1.54, 1.807) is 17.4 Å². The summed E-state index contributed by atoms with van der Waals surface area (Å²) < 4.78 is 0. The number of hydrazine groups is 1. The minimum Gasteiger partial charge on any atom is -0.271 e. The highest BCUT2D eigenvalue weighted by Gasteiger charge is 2.13. The average molecular weight is 302 g/mol. The maximum atomic E-state index is 5.99. The number of nitrogens with two attached hydrogens (primary N) is 1. The van der Waals surface area contributed by atoms with Crippen LogP contribution in [0.3, 0.4) is 0 Å². The molecule has 0 bridgehead atoms. The van der Waals surface area contributed by atoms with Crippen molar-refractivity contribution in [3.8, 4) is 0 Å². The van der Waals surface area contributed by atoms with E-state index in [-0.39, 0.29) is 6.04 Å². The van der Waals surface area contributed by atoms with Crippen LogP contribution in [0.25, 0.3) is 0 Å². The van der Waals surface area contributed by atoms with Gasteiger partial charge >= 0.3 is 0 Å². The first-order valence-corrected chi connectivity index (χ1v) is 7.05. The minimum absolute atomic E-state index is 0.0531. The van der Waals surface area contributed by atoms with Crippen molar-refractivity contribution in [1.82, 2.24) is 10.4 Å². The Morgan fingerprint density at radius 1 is 1.33 bits per heavy atom. The fraction of sp³-hybridized carbons (Fsp3) is 0.250. The van der Waals surface area contributed by atoms with E-state index in [1.807, 2.05) is 24.4 Å². The summed E-state index contributed by atoms with van der Waals surface area (Å²) >= 11 is 13.6. The van der Waals surface area contributed by atoms with Gasteiger partial charge in [-0.2, -0.15) is 0 Å². The Balaban J connectivity index is 2.22. The number of thiazole rings is 1. The summed E-state index contributed by atoms with van der Waals surface area (Å²) in [6.45, 7) is 1.98. The lowest BCUT2D eigenvalue weighted by Crippen LogP contribution is -2.29. The highest BCUT2D eigenvalue weighted by Crippen LogP contribution is 2.25. The summed E-state index contributed by atoms with van der Waals surface area (Å²) in [7, 11) is 0. The molecule has 1 aromatic carbocycles. The fourth-order valence-corrected chi connectivity index (χ4v) is 2.93. The molecule has 0 fully saturated rings. The zero-order valence-electron chi connectivity index (χ0n) is 9.78. The number of aryl methyl sites for hydroxylation is 1. The number of nitrogens with zero attached hydrogens (tertiary/aromatic N) is 1. The summed E-state index contributed by atoms with van der Waals surface area (Å²) in [4.78, 5) is 4.43. The quantitative estimate of drug-likeness (QED) is 0.671. The van der Waals surface area contributed by atoms with Gasteiger partial charge in [-0.3, -0.25) is 11.3 Å². The maximum absolute atomic E-state index is 5.99. The molecule has 1 unspecified atom stereocenters. The van der Waals surface area contributed by atoms with Gasteiger partial charge in [0.2, 0.25) is 0 Å². The van der Waals surface area contributed by atoms with Crippen molar-refractivity contribution < 1.29 is 0 Å². The lowest BCUT2D eigenvalue weighted by Gasteiger charge is -2.15. The van der Waals surface area contributed by atoms with Gasteiger partial charge < -0.3 is 0 Å². The highest BCUT2D eigenvalue weighted by atomic mass is 35.5. The summed E-state index contributed by atoms with van der Waals surface area (Å²) in [5, 5.41) is 4.29. The van der Waals surface area contributed by atoms with Gasteiger partial charge in [-0.1, -0.05) is 23.2 Å². The zero-order chi connectivity index (χ0) is 13.1. The van der Waals surface area contributed by atoms with Crippen LogP contribution in [-0.2, 0) is 6.42 Å². The van der Waals surface area contributed by atoms with Crippen LogP contribution in [0.4, 0.5) is 0 Å². The molecule has 0 spiro atoms. The van der Waals surface area contributed by atoms with E-state index in [0.717, 1.165) is 16.3 Å². The first-order chi connectivity index (χ1) is 8.58. The molecule has 2 rings (SSSR count). The largest absolute Gasteiger partial charge is 0.271 e. The number of halogens is 2. The van der Waals surface area contributed by atoms with Crippen LogP contribution >= 0.6 is 34.5 Å². The van der Waals surface area contributed by atoms with Crippen molar-refractivity contribution >= 4 is 34.5 Å². The summed E-state index contributed by atoms with van der Waals surface area (Å²) in [6.07, 6.45) is 0.706. The first kappa shape index (κ1) is 13.8. The number of nitrogens with one attached hydrogen (secondary N) is 1. The molecule has 1 heterocycles. The second-order valence-electron chi connectivity index (χ2n) is 3.98. The predicted molar refractivity (Wildman–Crippen MR) is 77.1 cm³/mol. The van der Waals surface area contributed by atoms with Crippen molar-refractivity contribution in [1.29, 1.82) is 0 Å². The van der Waals surface area contributed by atoms with Gasteiger partial charge in [0.1, 0.15) is 0 Å². The highest BCUT2D eigenvalue weighted by molar-refractivity contribution is 7.09. The lowest BCUT2D eigenvalue weighted by atomic mass is 10.0. The SMILES string of the molecule is Cc1nc(CC(NN)c2cc(Cl)cc(Cl)c2)cs1. The van der Waals surface area contributed by atoms with Crippen molar-refractivity contribution in [2.24, 2.45) is 5.84 Å². The standard InChI is InChI=1S/C12H13Cl2N3S/c1-7-16-11(6-18-7)5-12(17-15)8-2-9(13)4-10(14)3-8/h2-4,6,12,17H,5,15H2,1H3. The molecule has 2 aromatic rings. The Morgan fingerprint density at radius 3 is 2.50 bits per heavy atom. The van der Waals surface area contributed by atoms with Crippen LogP contribution in [-0.4, -0.2) is 4.98 Å². The Hall–Kier alpha value is -0.650. The molecule has 3 nitrogen and oxygen atoms in total. The van der Waals surface area contributed by atoms with Gasteiger partial charge in [0.05, 0.1) is 16.7 Å². The summed E-state index contributed by atoms with van der Waals surface area (Å²) in [5.74, 6) is 5.60. The van der Waals surface area contributed by atoms with Gasteiger partial charge in [-0.15, -0.1) is 11.3 Å². The van der Waals surface area contributed by atoms with Crippen LogP contribution in [0.5, 0.6) is 0 Å². The Bertz CT molecular complexity index is 522. The van der Waals surface area contributed by atoms with Crippen LogP contribution in [0, 0.1) is 6.92 Å². The van der Waals surface area contributed by atoms with Crippen LogP contribution in [0.2, 0.25) is 10.0 Å². The monoisotopic (exact) mass is 301 g/mol. The molecule has 0 aliphatic heterocycles. The normalized spacial score (nSPS) is 12.7. The Morgan fingerprint density at radius 2 is 2.00 bits per heavy atom. The van der Waals surface area contributed by atoms with Crippen LogP contribution in [0.1, 0.15) is 22.3 Å². The number of hydrogen-bond donors (Lipinski definition) is 2. The van der Waals surface area contributed by atoms with Crippen molar-refractivity contribution in [3.63, 3.8) is 0 Å². The molecular formula is C12H13Cl2N3S. The molecule has 0 aliphatic carbocycles. The van der Waals surface area contributed by atoms with Gasteiger partial charge in [0.15, 0.2) is 0 Å². The van der Waals surface area contributed by atoms with Crippen molar-refractivity contribution in [2.75, 3.05) is 0 Å². The molecule has 1 atom stereocenters. The molecule has 96 valence electrons. The van der Waals surface area contributed by atoms with Gasteiger partial charge in [-0.25, -0.2) is 4.98 Å². The van der Waals surface area contributed by atoms with Gasteiger partial charge in [-0.05, 0) is 30.7 Å². The number of rotatable bonds is 4. The minimum atomic E-state index is -0.0531. The van der Waals surface area contributed by atoms with Crippen LogP contribution < -0.4 is 11.3 Å². The van der Waals surface area contributed by atoms with E-state index < -0.39 is 0 Å². The smallest absolute Gasteiger partial charge is 0.0897 e. The number of hydrogen-bond acceptors (Lipinski definition) is 4. The van der Waals surface area contributed by atoms with E-state index in [2.05, 4.69) is 10.4 Å². The molecule has 0 amide bonds. The zero-order valence-corrected chi connectivity index (χ0v) is 12.1. The van der Waals surface area contributed by atoms with Gasteiger partial charge in [0, 0.05) is 21.8 Å². The average Bonchev–Trinajstić information content (AvgIpc) is 2.70. The molecule has 1 aromatic heterocycles. The van der Waals surface area contributed by atoms with Crippen LogP contribution in [0.15, 0.2) is 23.6 Å². The lowest BCUT2D eigenvalue weighted by molar-refractivity contribution is 0.547.